The van der Waals surface area contributed by atoms with Gasteiger partial charge in [0.05, 0.1) is 19.7 Å². The molecule has 9 nitrogen and oxygen atoms in total. The summed E-state index contributed by atoms with van der Waals surface area (Å²) in [5.41, 5.74) is 8.46. The fourth-order valence-electron chi connectivity index (χ4n) is 5.23. The molecule has 3 heterocycles. The normalized spacial score (nSPS) is 14.8. The lowest BCUT2D eigenvalue weighted by molar-refractivity contribution is 0.0666. The first-order valence-corrected chi connectivity index (χ1v) is 12.6. The summed E-state index contributed by atoms with van der Waals surface area (Å²) in [4.78, 5) is 31.2. The maximum Gasteiger partial charge on any atom is 0.253 e. The van der Waals surface area contributed by atoms with Gasteiger partial charge in [-0.2, -0.15) is 4.98 Å². The van der Waals surface area contributed by atoms with Gasteiger partial charge in [-0.3, -0.25) is 9.78 Å². The number of benzene rings is 2. The van der Waals surface area contributed by atoms with Crippen LogP contribution in [0, 0.1) is 0 Å². The zero-order chi connectivity index (χ0) is 26.7. The fourth-order valence-corrected chi connectivity index (χ4v) is 5.23. The number of carbonyl (C=O) groups excluding carboxylic acids is 1. The number of fused-ring (bicyclic) bond motifs is 1. The van der Waals surface area contributed by atoms with Gasteiger partial charge in [0.1, 0.15) is 5.82 Å². The van der Waals surface area contributed by atoms with Crippen molar-refractivity contribution in [3.05, 3.63) is 78.1 Å². The summed E-state index contributed by atoms with van der Waals surface area (Å²) in [5.74, 6) is 2.09. The molecule has 1 fully saturated rings. The van der Waals surface area contributed by atoms with Crippen LogP contribution in [-0.2, 0) is 5.41 Å². The van der Waals surface area contributed by atoms with E-state index in [4.69, 9.17) is 25.2 Å². The maximum absolute atomic E-state index is 13.1. The molecule has 9 heteroatoms. The second-order valence-corrected chi connectivity index (χ2v) is 9.64. The molecule has 1 amide bonds. The Bertz CT molecular complexity index is 1420. The van der Waals surface area contributed by atoms with Crippen LogP contribution in [0.4, 0.5) is 11.8 Å². The third-order valence-electron chi connectivity index (χ3n) is 7.34. The summed E-state index contributed by atoms with van der Waals surface area (Å²) in [5, 5.41) is 0.701. The summed E-state index contributed by atoms with van der Waals surface area (Å²) in [6.07, 6.45) is 3.35. The summed E-state index contributed by atoms with van der Waals surface area (Å²) < 4.78 is 10.9. The predicted octanol–water partition coefficient (Wildman–Crippen LogP) is 3.93. The van der Waals surface area contributed by atoms with Crippen molar-refractivity contribution >= 4 is 28.6 Å². The van der Waals surface area contributed by atoms with Crippen LogP contribution in [0.25, 0.3) is 10.9 Å². The number of nitrogen functional groups attached to an aromatic ring is 1. The molecule has 2 aromatic heterocycles. The van der Waals surface area contributed by atoms with Crippen LogP contribution in [0.2, 0.25) is 0 Å². The minimum atomic E-state index is -0.284. The fraction of sp³-hybridized carbons (Fsp3) is 0.310. The second kappa shape index (κ2) is 10.5. The largest absolute Gasteiger partial charge is 0.493 e. The van der Waals surface area contributed by atoms with Gasteiger partial charge in [0.25, 0.3) is 5.91 Å². The van der Waals surface area contributed by atoms with E-state index in [9.17, 15) is 4.79 Å². The number of anilines is 2. The number of likely N-dealkylation sites (N-methyl/N-ethyl adjacent to an activating group) is 1. The van der Waals surface area contributed by atoms with Crippen molar-refractivity contribution in [1.82, 2.24) is 19.9 Å². The molecule has 1 saturated heterocycles. The molecule has 0 spiro atoms. The summed E-state index contributed by atoms with van der Waals surface area (Å²) >= 11 is 0. The average molecular weight is 513 g/mol. The van der Waals surface area contributed by atoms with Crippen LogP contribution < -0.4 is 20.1 Å². The van der Waals surface area contributed by atoms with Gasteiger partial charge in [-0.25, -0.2) is 4.98 Å². The topological polar surface area (TPSA) is 107 Å². The Hall–Kier alpha value is -4.40. The molecule has 0 radical (unpaired) electrons. The Morgan fingerprint density at radius 3 is 2.34 bits per heavy atom. The molecule has 196 valence electrons. The van der Waals surface area contributed by atoms with Crippen molar-refractivity contribution in [2.45, 2.75) is 18.3 Å². The molecular weight excluding hydrogens is 480 g/mol. The average Bonchev–Trinajstić information content (AvgIpc) is 2.97. The highest BCUT2D eigenvalue weighted by atomic mass is 16.5. The number of likely N-dealkylation sites (tertiary alicyclic amines) is 1. The Kier molecular flexibility index (Phi) is 7.00. The lowest BCUT2D eigenvalue weighted by Gasteiger charge is -2.43. The van der Waals surface area contributed by atoms with Gasteiger partial charge < -0.3 is 25.0 Å². The highest BCUT2D eigenvalue weighted by molar-refractivity contribution is 5.94. The molecule has 0 saturated carbocycles. The van der Waals surface area contributed by atoms with Gasteiger partial charge in [-0.1, -0.05) is 24.3 Å². The molecule has 38 heavy (non-hydrogen) atoms. The zero-order valence-corrected chi connectivity index (χ0v) is 21.9. The molecular formula is C29H32N6O3. The van der Waals surface area contributed by atoms with E-state index in [1.165, 1.54) is 0 Å². The maximum atomic E-state index is 13.1. The van der Waals surface area contributed by atoms with E-state index in [0.717, 1.165) is 18.5 Å². The molecule has 0 aliphatic carbocycles. The Labute approximate surface area is 222 Å². The quantitative estimate of drug-likeness (QED) is 0.397. The van der Waals surface area contributed by atoms with E-state index < -0.39 is 0 Å². The first-order chi connectivity index (χ1) is 18.4. The van der Waals surface area contributed by atoms with Crippen molar-refractivity contribution in [2.24, 2.45) is 0 Å². The number of ether oxygens (including phenoxy) is 2. The molecule has 2 aromatic carbocycles. The third kappa shape index (κ3) is 4.79. The van der Waals surface area contributed by atoms with E-state index in [1.54, 1.807) is 20.3 Å². The number of aromatic nitrogens is 3. The van der Waals surface area contributed by atoms with Gasteiger partial charge in [0.15, 0.2) is 11.5 Å². The smallest absolute Gasteiger partial charge is 0.253 e. The van der Waals surface area contributed by atoms with Crippen LogP contribution in [0.15, 0.2) is 66.9 Å². The number of methoxy groups -OCH3 is 2. The monoisotopic (exact) mass is 512 g/mol. The van der Waals surface area contributed by atoms with Gasteiger partial charge in [-0.05, 0) is 43.2 Å². The van der Waals surface area contributed by atoms with Crippen LogP contribution in [0.1, 0.15) is 28.9 Å². The van der Waals surface area contributed by atoms with E-state index in [0.29, 0.717) is 59.4 Å². The predicted molar refractivity (Wildman–Crippen MR) is 148 cm³/mol. The Morgan fingerprint density at radius 2 is 1.68 bits per heavy atom. The number of pyridine rings is 1. The highest BCUT2D eigenvalue weighted by Crippen LogP contribution is 2.38. The van der Waals surface area contributed by atoms with Gasteiger partial charge in [-0.15, -0.1) is 0 Å². The number of nitrogens with two attached hydrogens (primary N) is 1. The number of carbonyl (C=O) groups is 1. The first kappa shape index (κ1) is 25.3. The number of amides is 1. The lowest BCUT2D eigenvalue weighted by atomic mass is 9.74. The first-order valence-electron chi connectivity index (χ1n) is 12.6. The summed E-state index contributed by atoms with van der Waals surface area (Å²) in [7, 11) is 5.14. The molecule has 0 bridgehead atoms. The minimum Gasteiger partial charge on any atom is -0.493 e. The number of piperidine rings is 1. The van der Waals surface area contributed by atoms with Crippen molar-refractivity contribution in [3.8, 4) is 11.5 Å². The van der Waals surface area contributed by atoms with Crippen molar-refractivity contribution < 1.29 is 14.3 Å². The standard InChI is InChI=1S/C29H32N6O3/c1-34(28-32-22-18-24(38-3)23(37-2)17-21(22)26(30)33-28)19-29(25-11-7-8-14-31-25)12-15-35(16-13-29)27(36)20-9-5-4-6-10-20/h4-11,14,17-18H,12-13,15-16,19H2,1-3H3,(H2,30,32,33). The highest BCUT2D eigenvalue weighted by Gasteiger charge is 2.40. The molecule has 5 rings (SSSR count). The van der Waals surface area contributed by atoms with Crippen molar-refractivity contribution in [1.29, 1.82) is 0 Å². The SMILES string of the molecule is COc1cc2nc(N(C)CC3(c4ccccn4)CCN(C(=O)c4ccccc4)CC3)nc(N)c2cc1OC. The van der Waals surface area contributed by atoms with Crippen LogP contribution >= 0.6 is 0 Å². The van der Waals surface area contributed by atoms with Crippen LogP contribution in [-0.4, -0.2) is 66.7 Å². The van der Waals surface area contributed by atoms with Crippen LogP contribution in [0.5, 0.6) is 11.5 Å². The molecule has 1 aliphatic heterocycles. The lowest BCUT2D eigenvalue weighted by Crippen LogP contribution is -2.50. The Balaban J connectivity index is 1.43. The van der Waals surface area contributed by atoms with E-state index in [1.807, 2.05) is 71.6 Å². The molecule has 0 unspecified atom stereocenters. The van der Waals surface area contributed by atoms with E-state index >= 15 is 0 Å². The van der Waals surface area contributed by atoms with Crippen molar-refractivity contribution in [3.63, 3.8) is 0 Å². The van der Waals surface area contributed by atoms with Crippen LogP contribution in [0.3, 0.4) is 0 Å². The molecule has 0 atom stereocenters. The Morgan fingerprint density at radius 1 is 1.00 bits per heavy atom. The second-order valence-electron chi connectivity index (χ2n) is 9.64. The number of hydrogen-bond donors (Lipinski definition) is 1. The zero-order valence-electron chi connectivity index (χ0n) is 21.9. The molecule has 4 aromatic rings. The molecule has 1 aliphatic rings. The van der Waals surface area contributed by atoms with Gasteiger partial charge >= 0.3 is 0 Å². The molecule has 2 N–H and O–H groups in total. The van der Waals surface area contributed by atoms with E-state index in [-0.39, 0.29) is 11.3 Å². The number of nitrogens with zero attached hydrogens (tertiary/aromatic N) is 5. The van der Waals surface area contributed by atoms with Gasteiger partial charge in [0.2, 0.25) is 5.95 Å². The third-order valence-corrected chi connectivity index (χ3v) is 7.34. The summed E-state index contributed by atoms with van der Waals surface area (Å²) in [6, 6.07) is 19.0. The van der Waals surface area contributed by atoms with Gasteiger partial charge in [0, 0.05) is 61.0 Å². The van der Waals surface area contributed by atoms with E-state index in [2.05, 4.69) is 11.1 Å². The minimum absolute atomic E-state index is 0.0589. The van der Waals surface area contributed by atoms with Crippen molar-refractivity contribution in [2.75, 3.05) is 51.5 Å². The number of rotatable bonds is 7. The summed E-state index contributed by atoms with van der Waals surface area (Å²) in [6.45, 7) is 1.89. The number of hydrogen-bond acceptors (Lipinski definition) is 8.